The van der Waals surface area contributed by atoms with Gasteiger partial charge in [-0.15, -0.1) is 0 Å². The molecule has 3 aromatic rings. The standard InChI is InChI=1S/C18H18N2O4/c1-23-11-4-5-14-13(8-11)15-10(7-12-3-2-6-24-12)9-19-17(18(21)22)16(15)20-14/h2-6,8,10,17,19-20H,7,9H2,1H3,(H,21,22). The van der Waals surface area contributed by atoms with Crippen LogP contribution in [0.15, 0.2) is 41.0 Å². The largest absolute Gasteiger partial charge is 0.497 e. The third-order valence-corrected chi connectivity index (χ3v) is 4.62. The van der Waals surface area contributed by atoms with Crippen LogP contribution in [0.1, 0.15) is 29.0 Å². The number of aliphatic carboxylic acids is 1. The molecule has 1 aliphatic heterocycles. The normalized spacial score (nSPS) is 20.0. The summed E-state index contributed by atoms with van der Waals surface area (Å²) in [6, 6.07) is 8.84. The number of carboxylic acid groups (broad SMARTS) is 1. The molecule has 0 bridgehead atoms. The zero-order chi connectivity index (χ0) is 16.7. The fourth-order valence-corrected chi connectivity index (χ4v) is 3.53. The predicted molar refractivity (Wildman–Crippen MR) is 88.4 cm³/mol. The highest BCUT2D eigenvalue weighted by Gasteiger charge is 2.34. The molecule has 1 aromatic carbocycles. The van der Waals surface area contributed by atoms with Gasteiger partial charge < -0.3 is 19.2 Å². The van der Waals surface area contributed by atoms with Crippen LogP contribution in [0.25, 0.3) is 10.9 Å². The van der Waals surface area contributed by atoms with Crippen LogP contribution in [-0.2, 0) is 11.2 Å². The van der Waals surface area contributed by atoms with E-state index in [2.05, 4.69) is 10.3 Å². The molecular formula is C18H18N2O4. The Bertz CT molecular complexity index is 882. The molecule has 124 valence electrons. The second-order valence-electron chi connectivity index (χ2n) is 6.02. The van der Waals surface area contributed by atoms with Gasteiger partial charge in [0.25, 0.3) is 0 Å². The molecule has 4 rings (SSSR count). The van der Waals surface area contributed by atoms with Crippen molar-refractivity contribution in [2.45, 2.75) is 18.4 Å². The zero-order valence-corrected chi connectivity index (χ0v) is 13.2. The Labute approximate surface area is 138 Å². The molecule has 0 saturated heterocycles. The summed E-state index contributed by atoms with van der Waals surface area (Å²) in [4.78, 5) is 14.9. The van der Waals surface area contributed by atoms with Gasteiger partial charge in [0.05, 0.1) is 13.4 Å². The number of benzene rings is 1. The van der Waals surface area contributed by atoms with Gasteiger partial charge >= 0.3 is 5.97 Å². The van der Waals surface area contributed by atoms with Gasteiger partial charge in [-0.1, -0.05) is 0 Å². The molecule has 1 aliphatic rings. The molecular weight excluding hydrogens is 308 g/mol. The second-order valence-corrected chi connectivity index (χ2v) is 6.02. The Hall–Kier alpha value is -2.73. The SMILES string of the molecule is COc1ccc2[nH]c3c(c2c1)C(Cc1ccco1)CNC3C(=O)O. The fourth-order valence-electron chi connectivity index (χ4n) is 3.53. The molecule has 2 unspecified atom stereocenters. The van der Waals surface area contributed by atoms with Crippen molar-refractivity contribution in [1.82, 2.24) is 10.3 Å². The van der Waals surface area contributed by atoms with Crippen molar-refractivity contribution in [1.29, 1.82) is 0 Å². The Morgan fingerprint density at radius 1 is 1.42 bits per heavy atom. The third-order valence-electron chi connectivity index (χ3n) is 4.62. The van der Waals surface area contributed by atoms with Gasteiger partial charge in [-0.25, -0.2) is 0 Å². The van der Waals surface area contributed by atoms with Gasteiger partial charge in [-0.3, -0.25) is 10.1 Å². The Kier molecular flexibility index (Phi) is 3.54. The quantitative estimate of drug-likeness (QED) is 0.686. The number of methoxy groups -OCH3 is 1. The number of carbonyl (C=O) groups is 1. The van der Waals surface area contributed by atoms with E-state index in [0.29, 0.717) is 18.7 Å². The monoisotopic (exact) mass is 326 g/mol. The number of fused-ring (bicyclic) bond motifs is 3. The number of aromatic nitrogens is 1. The molecule has 6 heteroatoms. The number of hydrogen-bond acceptors (Lipinski definition) is 4. The molecule has 0 spiro atoms. The number of hydrogen-bond donors (Lipinski definition) is 3. The first-order chi connectivity index (χ1) is 11.7. The van der Waals surface area contributed by atoms with Gasteiger partial charge in [0.15, 0.2) is 0 Å². The smallest absolute Gasteiger partial charge is 0.326 e. The molecule has 24 heavy (non-hydrogen) atoms. The summed E-state index contributed by atoms with van der Waals surface area (Å²) in [5, 5.41) is 13.7. The first-order valence-electron chi connectivity index (χ1n) is 7.85. The molecule has 0 aliphatic carbocycles. The van der Waals surface area contributed by atoms with E-state index in [1.165, 1.54) is 0 Å². The number of ether oxygens (including phenoxy) is 1. The minimum atomic E-state index is -0.883. The van der Waals surface area contributed by atoms with E-state index in [-0.39, 0.29) is 5.92 Å². The minimum Gasteiger partial charge on any atom is -0.497 e. The summed E-state index contributed by atoms with van der Waals surface area (Å²) in [6.07, 6.45) is 2.37. The van der Waals surface area contributed by atoms with E-state index in [9.17, 15) is 9.90 Å². The van der Waals surface area contributed by atoms with Crippen molar-refractivity contribution in [3.8, 4) is 5.75 Å². The van der Waals surface area contributed by atoms with Crippen LogP contribution in [-0.4, -0.2) is 29.7 Å². The number of H-pyrrole nitrogens is 1. The Balaban J connectivity index is 1.86. The van der Waals surface area contributed by atoms with E-state index >= 15 is 0 Å². The van der Waals surface area contributed by atoms with Gasteiger partial charge in [-0.2, -0.15) is 0 Å². The Morgan fingerprint density at radius 3 is 3.00 bits per heavy atom. The highest BCUT2D eigenvalue weighted by Crippen LogP contribution is 2.39. The average molecular weight is 326 g/mol. The first kappa shape index (κ1) is 14.8. The molecule has 6 nitrogen and oxygen atoms in total. The van der Waals surface area contributed by atoms with Crippen LogP contribution < -0.4 is 10.1 Å². The molecule has 2 aromatic heterocycles. The van der Waals surface area contributed by atoms with Crippen molar-refractivity contribution < 1.29 is 19.1 Å². The Morgan fingerprint density at radius 2 is 2.29 bits per heavy atom. The maximum Gasteiger partial charge on any atom is 0.326 e. The van der Waals surface area contributed by atoms with Crippen LogP contribution in [0.3, 0.4) is 0 Å². The highest BCUT2D eigenvalue weighted by atomic mass is 16.5. The van der Waals surface area contributed by atoms with Gasteiger partial charge in [0.2, 0.25) is 0 Å². The second kappa shape index (κ2) is 5.72. The molecule has 2 atom stereocenters. The number of nitrogens with one attached hydrogen (secondary N) is 2. The molecule has 0 saturated carbocycles. The fraction of sp³-hybridized carbons (Fsp3) is 0.278. The number of furan rings is 1. The van der Waals surface area contributed by atoms with Crippen molar-refractivity contribution in [3.05, 3.63) is 53.6 Å². The summed E-state index contributed by atoms with van der Waals surface area (Å²) in [5.74, 6) is 0.888. The number of rotatable bonds is 4. The van der Waals surface area contributed by atoms with Gasteiger partial charge in [0.1, 0.15) is 17.6 Å². The van der Waals surface area contributed by atoms with Crippen molar-refractivity contribution in [2.24, 2.45) is 0 Å². The lowest BCUT2D eigenvalue weighted by Crippen LogP contribution is -2.38. The van der Waals surface area contributed by atoms with Crippen LogP contribution >= 0.6 is 0 Å². The molecule has 0 radical (unpaired) electrons. The maximum absolute atomic E-state index is 11.6. The zero-order valence-electron chi connectivity index (χ0n) is 13.2. The topological polar surface area (TPSA) is 87.5 Å². The summed E-state index contributed by atoms with van der Waals surface area (Å²) in [7, 11) is 1.63. The lowest BCUT2D eigenvalue weighted by molar-refractivity contribution is -0.139. The van der Waals surface area contributed by atoms with E-state index in [1.54, 1.807) is 13.4 Å². The summed E-state index contributed by atoms with van der Waals surface area (Å²) >= 11 is 0. The van der Waals surface area contributed by atoms with Gasteiger partial charge in [0, 0.05) is 35.5 Å². The first-order valence-corrected chi connectivity index (χ1v) is 7.85. The van der Waals surface area contributed by atoms with Crippen molar-refractivity contribution >= 4 is 16.9 Å². The lowest BCUT2D eigenvalue weighted by Gasteiger charge is -2.28. The number of aromatic amines is 1. The highest BCUT2D eigenvalue weighted by molar-refractivity contribution is 5.89. The molecule has 0 amide bonds. The third kappa shape index (κ3) is 2.35. The lowest BCUT2D eigenvalue weighted by atomic mass is 9.86. The van der Waals surface area contributed by atoms with Gasteiger partial charge in [-0.05, 0) is 35.9 Å². The summed E-state index contributed by atoms with van der Waals surface area (Å²) < 4.78 is 10.8. The van der Waals surface area contributed by atoms with E-state index in [1.807, 2.05) is 30.3 Å². The molecule has 3 N–H and O–H groups in total. The summed E-state index contributed by atoms with van der Waals surface area (Å²) in [6.45, 7) is 0.578. The van der Waals surface area contributed by atoms with Crippen LogP contribution in [0.4, 0.5) is 0 Å². The van der Waals surface area contributed by atoms with E-state index in [4.69, 9.17) is 9.15 Å². The van der Waals surface area contributed by atoms with Crippen molar-refractivity contribution in [3.63, 3.8) is 0 Å². The van der Waals surface area contributed by atoms with Crippen LogP contribution in [0.5, 0.6) is 5.75 Å². The van der Waals surface area contributed by atoms with Crippen LogP contribution in [0.2, 0.25) is 0 Å². The van der Waals surface area contributed by atoms with E-state index in [0.717, 1.165) is 28.0 Å². The number of carboxylic acids is 1. The van der Waals surface area contributed by atoms with Crippen LogP contribution in [0, 0.1) is 0 Å². The maximum atomic E-state index is 11.6. The molecule has 0 fully saturated rings. The average Bonchev–Trinajstić information content (AvgIpc) is 3.21. The van der Waals surface area contributed by atoms with Crippen molar-refractivity contribution in [2.75, 3.05) is 13.7 Å². The summed E-state index contributed by atoms with van der Waals surface area (Å²) in [5.41, 5.74) is 2.67. The minimum absolute atomic E-state index is 0.127. The van der Waals surface area contributed by atoms with E-state index < -0.39 is 12.0 Å². The predicted octanol–water partition coefficient (Wildman–Crippen LogP) is 2.82. The molecule has 3 heterocycles.